The quantitative estimate of drug-likeness (QED) is 0.0387. The third kappa shape index (κ3) is 17.9. The Morgan fingerprint density at radius 2 is 0.817 bits per heavy atom. The van der Waals surface area contributed by atoms with Gasteiger partial charge in [0.25, 0.3) is 0 Å². The molecule has 0 unspecified atom stereocenters. The van der Waals surface area contributed by atoms with Crippen molar-refractivity contribution < 1.29 is 57.0 Å². The highest BCUT2D eigenvalue weighted by Gasteiger charge is 2.59. The van der Waals surface area contributed by atoms with Crippen molar-refractivity contribution in [2.45, 2.75) is 245 Å². The number of hydrogen-bond acceptors (Lipinski definition) is 16. The fourth-order valence-corrected chi connectivity index (χ4v) is 20.2. The van der Waals surface area contributed by atoms with Crippen LogP contribution in [-0.4, -0.2) is 177 Å². The van der Waals surface area contributed by atoms with E-state index in [0.29, 0.717) is 11.8 Å². The van der Waals surface area contributed by atoms with Gasteiger partial charge >= 0.3 is 31.5 Å². The summed E-state index contributed by atoms with van der Waals surface area (Å²) in [4.78, 5) is 119. The van der Waals surface area contributed by atoms with Crippen LogP contribution in [0.5, 0.6) is 0 Å². The lowest BCUT2D eigenvalue weighted by molar-refractivity contribution is -0.140. The van der Waals surface area contributed by atoms with Gasteiger partial charge in [-0.25, -0.2) is 39.1 Å². The first-order valence-corrected chi connectivity index (χ1v) is 45.5. The van der Waals surface area contributed by atoms with Gasteiger partial charge in [-0.2, -0.15) is 0 Å². The largest absolute Gasteiger partial charge is 0.494 e. The Hall–Kier alpha value is -10.8. The lowest BCUT2D eigenvalue weighted by Gasteiger charge is -2.37. The number of methoxy groups -OCH3 is 2. The molecule has 19 rings (SSSR count). The van der Waals surface area contributed by atoms with Crippen molar-refractivity contribution >= 4 is 86.2 Å². The summed E-state index contributed by atoms with van der Waals surface area (Å²) in [7, 11) is 2.22. The molecule has 5 aliphatic heterocycles. The molecule has 6 N–H and O–H groups in total. The number of nitrogens with one attached hydrogen (secondary N) is 6. The summed E-state index contributed by atoms with van der Waals surface area (Å²) in [6, 6.07) is 40.7. The van der Waals surface area contributed by atoms with Crippen LogP contribution < -0.4 is 16.1 Å². The van der Waals surface area contributed by atoms with Crippen molar-refractivity contribution in [3.05, 3.63) is 174 Å². The number of aromatic amines is 4. The number of likely N-dealkylation sites (tertiary alicyclic amines) is 4. The van der Waals surface area contributed by atoms with Crippen LogP contribution in [0.1, 0.15) is 221 Å². The van der Waals surface area contributed by atoms with E-state index in [9.17, 15) is 28.8 Å². The molecule has 4 aliphatic carbocycles. The van der Waals surface area contributed by atoms with Gasteiger partial charge in [0.05, 0.1) is 97.2 Å². The fraction of sp³-hybridized carbons (Fsp3) is 0.490. The summed E-state index contributed by atoms with van der Waals surface area (Å²) < 4.78 is 34.6. The first-order chi connectivity index (χ1) is 59.9. The Balaban J connectivity index is 0.000000144. The molecule has 9 heterocycles. The van der Waals surface area contributed by atoms with E-state index in [-0.39, 0.29) is 94.1 Å². The second-order valence-corrected chi connectivity index (χ2v) is 41.1. The molecule has 28 heteroatoms. The smallest absolute Gasteiger partial charge is 0.453 e. The van der Waals surface area contributed by atoms with Gasteiger partial charge in [-0.15, -0.1) is 0 Å². The molecular formula is C98H118BBrN14O12. The van der Waals surface area contributed by atoms with Crippen molar-refractivity contribution in [2.75, 3.05) is 27.3 Å². The van der Waals surface area contributed by atoms with Gasteiger partial charge < -0.3 is 68.6 Å². The third-order valence-electron chi connectivity index (χ3n) is 27.8. The Morgan fingerprint density at radius 3 is 1.21 bits per heavy atom. The van der Waals surface area contributed by atoms with Gasteiger partial charge in [0.2, 0.25) is 11.8 Å². The number of amides is 6. The fourth-order valence-electron chi connectivity index (χ4n) is 19.9. The lowest BCUT2D eigenvalue weighted by atomic mass is 9.78. The molecule has 10 aromatic rings. The first kappa shape index (κ1) is 87.2. The van der Waals surface area contributed by atoms with Crippen LogP contribution in [0.3, 0.4) is 0 Å². The van der Waals surface area contributed by atoms with E-state index in [1.807, 2.05) is 138 Å². The zero-order valence-electron chi connectivity index (χ0n) is 75.1. The van der Waals surface area contributed by atoms with E-state index in [4.69, 9.17) is 43.2 Å². The molecule has 26 nitrogen and oxygen atoms in total. The summed E-state index contributed by atoms with van der Waals surface area (Å²) in [6.07, 6.45) is 18.2. The van der Waals surface area contributed by atoms with Gasteiger partial charge in [0.15, 0.2) is 0 Å². The van der Waals surface area contributed by atoms with Crippen LogP contribution in [0, 0.1) is 34.5 Å². The zero-order valence-corrected chi connectivity index (χ0v) is 76.7. The van der Waals surface area contributed by atoms with Gasteiger partial charge in [0, 0.05) is 40.8 Å². The first-order valence-electron chi connectivity index (χ1n) is 44.7. The molecule has 662 valence electrons. The average Bonchev–Trinajstić information content (AvgIpc) is 1.59. The average molecular weight is 1770 g/mol. The number of halogens is 1. The number of alkyl carbamates (subject to hydrolysis) is 2. The number of carbonyl (C=O) groups is 6. The van der Waals surface area contributed by atoms with Crippen molar-refractivity contribution in [1.29, 1.82) is 0 Å². The highest BCUT2D eigenvalue weighted by atomic mass is 79.9. The van der Waals surface area contributed by atoms with E-state index in [0.717, 1.165) is 188 Å². The normalized spacial score (nSPS) is 23.1. The van der Waals surface area contributed by atoms with Crippen molar-refractivity contribution in [3.63, 3.8) is 0 Å². The number of benzene rings is 6. The predicted octanol–water partition coefficient (Wildman–Crippen LogP) is 19.4. The maximum absolute atomic E-state index is 14.0. The number of rotatable bonds is 16. The number of fused-ring (bicyclic) bond motifs is 6. The molecule has 6 aromatic carbocycles. The van der Waals surface area contributed by atoms with Crippen LogP contribution in [0.2, 0.25) is 0 Å². The van der Waals surface area contributed by atoms with Crippen LogP contribution in [0.25, 0.3) is 77.7 Å². The maximum atomic E-state index is 14.0. The Bertz CT molecular complexity index is 5740. The molecule has 9 fully saturated rings. The molecule has 10 atom stereocenters. The molecule has 4 bridgehead atoms. The van der Waals surface area contributed by atoms with Crippen LogP contribution in [0.15, 0.2) is 151 Å². The molecule has 4 aromatic heterocycles. The Morgan fingerprint density at radius 1 is 0.468 bits per heavy atom. The Labute approximate surface area is 745 Å². The number of ether oxygens (including phenoxy) is 4. The van der Waals surface area contributed by atoms with E-state index >= 15 is 0 Å². The van der Waals surface area contributed by atoms with Crippen LogP contribution in [-0.2, 0) is 37.8 Å². The number of imidazole rings is 4. The van der Waals surface area contributed by atoms with Gasteiger partial charge in [0.1, 0.15) is 46.6 Å². The molecule has 9 aliphatic rings. The van der Waals surface area contributed by atoms with Crippen molar-refractivity contribution in [1.82, 2.24) is 70.1 Å². The molecular weight excluding hydrogens is 1660 g/mol. The van der Waals surface area contributed by atoms with Gasteiger partial charge in [-0.3, -0.25) is 19.4 Å². The predicted molar refractivity (Wildman–Crippen MR) is 487 cm³/mol. The van der Waals surface area contributed by atoms with Crippen molar-refractivity contribution in [2.24, 2.45) is 34.5 Å². The number of hydrogen-bond donors (Lipinski definition) is 6. The van der Waals surface area contributed by atoms with Gasteiger partial charge in [-0.05, 0) is 260 Å². The zero-order chi connectivity index (χ0) is 89.0. The SMILES string of the molecule is CC(C)(C)OC(=O)N1CC2(CC2)C[C@H]1c1ncc(-c2ccc(Br)cc2)[nH]1.COC(=O)N[C@H](C(=O)N1[C@@H]2CC[C@@H](C2)[C@H]1c1ncc(-c2ccc3cc(-c4ccc(-c5cnc([C@@H]6CC7(CC7)CN6C(=O)OC(C)(C)C)[nH]5)cc4)ccc3c2)[nH]1)C(C)C.COC(=O)N[C@H](C(=O)N1[C@@H]2CC[C@@H](C2)[C@H]1c1ncc(-c2ccc3cc(B4OC(C)(C)C(C)(C)O4)ccc3c2)[nH]1)C(C)C. The number of H-pyrrole nitrogens is 4. The van der Waals surface area contributed by atoms with Crippen molar-refractivity contribution in [3.8, 4) is 56.2 Å². The molecule has 4 saturated carbocycles. The summed E-state index contributed by atoms with van der Waals surface area (Å²) in [5.41, 5.74) is 9.74. The second kappa shape index (κ2) is 33.7. The summed E-state index contributed by atoms with van der Waals surface area (Å²) in [6.45, 7) is 28.9. The standard InChI is InChI=1S/C46H53N7O5.C32H41BN4O5.C20H24BrN3O2/c1-26(2)38(51-43(55)57-6)42(54)53-34-16-15-33(21-34)39(53)41-48-24-36(50-41)32-14-13-30-19-29(11-12-31(30)20-32)27-7-9-28(10-8-27)35-23-47-40(49-35)37-22-46(17-18-46)25-52(37)44(56)58-45(3,4)5;1-18(2)26(36-30(39)40-7)29(38)37-24-13-11-22(16-24)27(37)28-34-17-25(35-28)21-9-8-20-15-23(12-10-19(20)14-21)33-41-31(3,4)32(5,6)42-33;1-19(2,3)26-18(25)24-12-20(8-9-20)10-16(24)17-22-11-15(23-17)13-4-6-14(21)7-5-13/h7-14,19-20,23-24,26,33-34,37-39H,15-18,21-22,25H2,1-6H3,(H,47,49)(H,48,50)(H,51,55);8-10,12,14-15,17-18,22,24,26-27H,11,13,16H2,1-7H3,(H,34,35)(H,36,39);4-7,11,16H,8-10,12H2,1-3H3,(H,22,23)/t33-,34+,37-,38-,39-;22-,24+,26-,27-;16-/m000/s1. The molecule has 6 amide bonds. The Kier molecular flexibility index (Phi) is 23.4. The van der Waals surface area contributed by atoms with Crippen LogP contribution in [0.4, 0.5) is 19.2 Å². The molecule has 126 heavy (non-hydrogen) atoms. The number of carbonyl (C=O) groups excluding carboxylic acids is 6. The number of aromatic nitrogens is 8. The molecule has 5 saturated heterocycles. The van der Waals surface area contributed by atoms with Crippen LogP contribution >= 0.6 is 15.9 Å². The maximum Gasteiger partial charge on any atom is 0.494 e. The number of nitrogens with zero attached hydrogens (tertiary/aromatic N) is 8. The molecule has 2 spiro atoms. The minimum atomic E-state index is -0.673. The van der Waals surface area contributed by atoms with E-state index in [1.165, 1.54) is 27.1 Å². The molecule has 0 radical (unpaired) electrons. The topological polar surface area (TPSA) is 310 Å². The summed E-state index contributed by atoms with van der Waals surface area (Å²) >= 11 is 3.46. The summed E-state index contributed by atoms with van der Waals surface area (Å²) in [5.74, 6) is 3.57. The second-order valence-electron chi connectivity index (χ2n) is 40.2. The minimum absolute atomic E-state index is 0.0449. The van der Waals surface area contributed by atoms with Gasteiger partial charge in [-0.1, -0.05) is 135 Å². The number of piperidine rings is 2. The minimum Gasteiger partial charge on any atom is -0.453 e. The lowest BCUT2D eigenvalue weighted by Crippen LogP contribution is -2.54. The monoisotopic (exact) mass is 1770 g/mol. The van der Waals surface area contributed by atoms with E-state index < -0.39 is 42.6 Å². The highest BCUT2D eigenvalue weighted by molar-refractivity contribution is 9.10. The summed E-state index contributed by atoms with van der Waals surface area (Å²) in [5, 5.41) is 9.98. The third-order valence-corrected chi connectivity index (χ3v) is 28.3. The highest BCUT2D eigenvalue weighted by Crippen LogP contribution is 2.60. The van der Waals surface area contributed by atoms with E-state index in [2.05, 4.69) is 176 Å². The van der Waals surface area contributed by atoms with E-state index in [1.54, 1.807) is 0 Å².